The van der Waals surface area contributed by atoms with Crippen molar-refractivity contribution in [3.63, 3.8) is 0 Å². The molecule has 1 aliphatic heterocycles. The molecule has 0 aliphatic carbocycles. The maximum absolute atomic E-state index is 11.4. The Balaban J connectivity index is 2.62. The van der Waals surface area contributed by atoms with Gasteiger partial charge in [0.15, 0.2) is 5.78 Å². The number of benzene rings is 1. The number of nitrogens with zero attached hydrogens (tertiary/aromatic N) is 2. The molecule has 0 radical (unpaired) electrons. The third-order valence-electron chi connectivity index (χ3n) is 1.93. The van der Waals surface area contributed by atoms with E-state index in [9.17, 15) is 4.79 Å². The summed E-state index contributed by atoms with van der Waals surface area (Å²) >= 11 is 0. The number of fused-ring (bicyclic) bond motifs is 1. The Labute approximate surface area is 75.3 Å². The molecule has 0 N–H and O–H groups in total. The molecule has 62 valence electrons. The van der Waals surface area contributed by atoms with Gasteiger partial charge in [-0.25, -0.2) is 0 Å². The summed E-state index contributed by atoms with van der Waals surface area (Å²) < 4.78 is 0. The lowest BCUT2D eigenvalue weighted by Gasteiger charge is -2.07. The zero-order valence-corrected chi connectivity index (χ0v) is 6.82. The third kappa shape index (κ3) is 1.23. The van der Waals surface area contributed by atoms with Crippen LogP contribution in [0.15, 0.2) is 23.2 Å². The SMILES string of the molecule is N#Cc1ccc2c(c1)C(=O)CC=N2. The Kier molecular flexibility index (Phi) is 1.67. The van der Waals surface area contributed by atoms with E-state index in [0.29, 0.717) is 23.2 Å². The molecule has 1 aromatic carbocycles. The van der Waals surface area contributed by atoms with Gasteiger partial charge < -0.3 is 0 Å². The zero-order valence-electron chi connectivity index (χ0n) is 6.82. The molecule has 0 saturated heterocycles. The van der Waals surface area contributed by atoms with E-state index in [2.05, 4.69) is 4.99 Å². The number of hydrogen-bond acceptors (Lipinski definition) is 3. The summed E-state index contributed by atoms with van der Waals surface area (Å²) in [7, 11) is 0. The maximum Gasteiger partial charge on any atom is 0.170 e. The largest absolute Gasteiger partial charge is 0.294 e. The van der Waals surface area contributed by atoms with Crippen LogP contribution >= 0.6 is 0 Å². The van der Waals surface area contributed by atoms with E-state index in [1.165, 1.54) is 0 Å². The van der Waals surface area contributed by atoms with E-state index in [0.717, 1.165) is 0 Å². The van der Waals surface area contributed by atoms with Crippen molar-refractivity contribution in [3.05, 3.63) is 29.3 Å². The Bertz CT molecular complexity index is 441. The third-order valence-corrected chi connectivity index (χ3v) is 1.93. The Morgan fingerprint density at radius 2 is 2.31 bits per heavy atom. The lowest BCUT2D eigenvalue weighted by molar-refractivity contribution is 0.100. The first-order valence-corrected chi connectivity index (χ1v) is 3.91. The standard InChI is InChI=1S/C10H6N2O/c11-6-7-1-2-9-8(5-7)10(13)3-4-12-9/h1-2,4-5H,3H2. The highest BCUT2D eigenvalue weighted by atomic mass is 16.1. The van der Waals surface area contributed by atoms with Crippen molar-refractivity contribution in [2.75, 3.05) is 0 Å². The Morgan fingerprint density at radius 3 is 3.08 bits per heavy atom. The van der Waals surface area contributed by atoms with Crippen LogP contribution in [0.5, 0.6) is 0 Å². The predicted octanol–water partition coefficient (Wildman–Crippen LogP) is 1.85. The minimum Gasteiger partial charge on any atom is -0.294 e. The second kappa shape index (κ2) is 2.83. The van der Waals surface area contributed by atoms with Crippen LogP contribution in [0.2, 0.25) is 0 Å². The summed E-state index contributed by atoms with van der Waals surface area (Å²) in [6.45, 7) is 0. The first kappa shape index (κ1) is 7.69. The minimum atomic E-state index is 0.0297. The molecule has 1 heterocycles. The second-order valence-corrected chi connectivity index (χ2v) is 2.78. The fourth-order valence-electron chi connectivity index (χ4n) is 1.28. The van der Waals surface area contributed by atoms with Crippen LogP contribution in [0.25, 0.3) is 0 Å². The topological polar surface area (TPSA) is 53.2 Å². The van der Waals surface area contributed by atoms with Crippen molar-refractivity contribution in [2.45, 2.75) is 6.42 Å². The van der Waals surface area contributed by atoms with Gasteiger partial charge in [-0.05, 0) is 18.2 Å². The number of nitriles is 1. The molecule has 0 saturated carbocycles. The van der Waals surface area contributed by atoms with Gasteiger partial charge in [0.2, 0.25) is 0 Å². The summed E-state index contributed by atoms with van der Waals surface area (Å²) in [5, 5.41) is 8.63. The number of ketones is 1. The molecule has 0 spiro atoms. The molecular formula is C10H6N2O. The highest BCUT2D eigenvalue weighted by Crippen LogP contribution is 2.24. The minimum absolute atomic E-state index is 0.0297. The van der Waals surface area contributed by atoms with Crippen molar-refractivity contribution in [1.82, 2.24) is 0 Å². The van der Waals surface area contributed by atoms with Gasteiger partial charge in [0.25, 0.3) is 0 Å². The molecule has 2 rings (SSSR count). The lowest BCUT2D eigenvalue weighted by Crippen LogP contribution is -2.04. The molecule has 1 aromatic rings. The molecule has 0 fully saturated rings. The molecule has 3 nitrogen and oxygen atoms in total. The van der Waals surface area contributed by atoms with Crippen LogP contribution in [-0.4, -0.2) is 12.0 Å². The molecule has 0 bridgehead atoms. The van der Waals surface area contributed by atoms with E-state index in [4.69, 9.17) is 5.26 Å². The highest BCUT2D eigenvalue weighted by molar-refractivity contribution is 6.10. The number of rotatable bonds is 0. The molecular weight excluding hydrogens is 164 g/mol. The van der Waals surface area contributed by atoms with Crippen molar-refractivity contribution >= 4 is 17.7 Å². The first-order valence-electron chi connectivity index (χ1n) is 3.91. The quantitative estimate of drug-likeness (QED) is 0.596. The maximum atomic E-state index is 11.4. The Hall–Kier alpha value is -1.95. The predicted molar refractivity (Wildman–Crippen MR) is 48.3 cm³/mol. The summed E-state index contributed by atoms with van der Waals surface area (Å²) in [5.41, 5.74) is 1.72. The monoisotopic (exact) mass is 170 g/mol. The summed E-state index contributed by atoms with van der Waals surface area (Å²) in [6, 6.07) is 6.94. The Morgan fingerprint density at radius 1 is 1.46 bits per heavy atom. The average molecular weight is 170 g/mol. The smallest absolute Gasteiger partial charge is 0.170 e. The van der Waals surface area contributed by atoms with Gasteiger partial charge in [-0.2, -0.15) is 5.26 Å². The van der Waals surface area contributed by atoms with E-state index in [1.54, 1.807) is 24.4 Å². The summed E-state index contributed by atoms with van der Waals surface area (Å²) in [5.74, 6) is 0.0297. The lowest BCUT2D eigenvalue weighted by atomic mass is 10.0. The van der Waals surface area contributed by atoms with E-state index >= 15 is 0 Å². The molecule has 0 amide bonds. The number of Topliss-reactive ketones (excluding diaryl/α,β-unsaturated/α-hetero) is 1. The number of carbonyl (C=O) groups excluding carboxylic acids is 1. The van der Waals surface area contributed by atoms with Crippen LogP contribution in [0.1, 0.15) is 22.3 Å². The molecule has 13 heavy (non-hydrogen) atoms. The van der Waals surface area contributed by atoms with Crippen LogP contribution < -0.4 is 0 Å². The van der Waals surface area contributed by atoms with Gasteiger partial charge in [-0.1, -0.05) is 0 Å². The van der Waals surface area contributed by atoms with Gasteiger partial charge in [-0.3, -0.25) is 9.79 Å². The molecule has 3 heteroatoms. The van der Waals surface area contributed by atoms with Crippen molar-refractivity contribution in [3.8, 4) is 6.07 Å². The molecule has 0 unspecified atom stereocenters. The van der Waals surface area contributed by atoms with Crippen LogP contribution in [0.4, 0.5) is 5.69 Å². The number of carbonyl (C=O) groups is 1. The van der Waals surface area contributed by atoms with Crippen LogP contribution in [-0.2, 0) is 0 Å². The number of hydrogen-bond donors (Lipinski definition) is 0. The van der Waals surface area contributed by atoms with Crippen molar-refractivity contribution in [1.29, 1.82) is 5.26 Å². The first-order chi connectivity index (χ1) is 6.31. The van der Waals surface area contributed by atoms with Gasteiger partial charge in [0.1, 0.15) is 0 Å². The fraction of sp³-hybridized carbons (Fsp3) is 0.100. The van der Waals surface area contributed by atoms with Gasteiger partial charge >= 0.3 is 0 Å². The summed E-state index contributed by atoms with van der Waals surface area (Å²) in [4.78, 5) is 15.4. The average Bonchev–Trinajstić information content (AvgIpc) is 2.18. The fourth-order valence-corrected chi connectivity index (χ4v) is 1.28. The molecule has 0 aromatic heterocycles. The van der Waals surface area contributed by atoms with Crippen LogP contribution in [0.3, 0.4) is 0 Å². The van der Waals surface area contributed by atoms with Gasteiger partial charge in [-0.15, -0.1) is 0 Å². The zero-order chi connectivity index (χ0) is 9.26. The van der Waals surface area contributed by atoms with Gasteiger partial charge in [0, 0.05) is 18.2 Å². The molecule has 0 atom stereocenters. The number of aliphatic imine (C=N–C) groups is 1. The van der Waals surface area contributed by atoms with Gasteiger partial charge in [0.05, 0.1) is 17.3 Å². The summed E-state index contributed by atoms with van der Waals surface area (Å²) in [6.07, 6.45) is 1.93. The van der Waals surface area contributed by atoms with E-state index in [-0.39, 0.29) is 5.78 Å². The van der Waals surface area contributed by atoms with Crippen LogP contribution in [0, 0.1) is 11.3 Å². The van der Waals surface area contributed by atoms with Crippen molar-refractivity contribution < 1.29 is 4.79 Å². The second-order valence-electron chi connectivity index (χ2n) is 2.78. The van der Waals surface area contributed by atoms with E-state index in [1.807, 2.05) is 6.07 Å². The normalized spacial score (nSPS) is 13.6. The van der Waals surface area contributed by atoms with Crippen molar-refractivity contribution in [2.24, 2.45) is 4.99 Å². The molecule has 1 aliphatic rings. The van der Waals surface area contributed by atoms with E-state index < -0.39 is 0 Å². The highest BCUT2D eigenvalue weighted by Gasteiger charge is 2.14.